The first-order valence-corrected chi connectivity index (χ1v) is 18.2. The van der Waals surface area contributed by atoms with Crippen LogP contribution in [0, 0.1) is 0 Å². The van der Waals surface area contributed by atoms with E-state index in [-0.39, 0.29) is 11.9 Å². The number of allylic oxidation sites excluding steroid dienone is 2. The average molecular weight is 515 g/mol. The molecule has 0 aromatic carbocycles. The van der Waals surface area contributed by atoms with Gasteiger partial charge in [-0.05, 0) is 0 Å². The van der Waals surface area contributed by atoms with Crippen LogP contribution in [-0.2, 0) is 15.7 Å². The molecule has 0 heterocycles. The number of carbonyl (C=O) groups is 2. The maximum absolute atomic E-state index is 12.5. The van der Waals surface area contributed by atoms with Gasteiger partial charge in [-0.15, -0.1) is 0 Å². The van der Waals surface area contributed by atoms with Crippen LogP contribution in [0.5, 0.6) is 0 Å². The van der Waals surface area contributed by atoms with Crippen LogP contribution in [0.15, 0.2) is 24.3 Å². The standard InChI is InChI=1S/2C8H14O2.2C4H9.Sn/c2*1-2-3-4-5-6-7-8(9)10;2*1-3-4-2;/h2*6-7H,2-5H2,1H3,(H,9,10);2*1,3-4H2,2H3;/q;;;;+2/p-2. The van der Waals surface area contributed by atoms with E-state index >= 15 is 0 Å². The van der Waals surface area contributed by atoms with E-state index in [1.807, 2.05) is 12.2 Å². The first-order chi connectivity index (χ1) is 14.0. The molecular formula is C24H44O4Sn. The third-order valence-corrected chi connectivity index (χ3v) is 14.5. The van der Waals surface area contributed by atoms with Crippen molar-refractivity contribution in [2.45, 2.75) is 114 Å². The van der Waals surface area contributed by atoms with Gasteiger partial charge in [0.2, 0.25) is 0 Å². The van der Waals surface area contributed by atoms with E-state index in [9.17, 15) is 9.59 Å². The van der Waals surface area contributed by atoms with E-state index in [1.54, 1.807) is 0 Å². The van der Waals surface area contributed by atoms with Gasteiger partial charge >= 0.3 is 185 Å². The van der Waals surface area contributed by atoms with Crippen molar-refractivity contribution in [1.82, 2.24) is 0 Å². The number of unbranched alkanes of at least 4 members (excludes halogenated alkanes) is 8. The predicted molar refractivity (Wildman–Crippen MR) is 124 cm³/mol. The fourth-order valence-corrected chi connectivity index (χ4v) is 12.6. The molecule has 0 saturated heterocycles. The molecule has 0 aliphatic carbocycles. The van der Waals surface area contributed by atoms with Crippen molar-refractivity contribution in [1.29, 1.82) is 0 Å². The molecule has 0 N–H and O–H groups in total. The fraction of sp³-hybridized carbons (Fsp3) is 0.750. The first-order valence-electron chi connectivity index (χ1n) is 11.8. The van der Waals surface area contributed by atoms with Crippen LogP contribution in [-0.4, -0.2) is 31.1 Å². The molecule has 168 valence electrons. The van der Waals surface area contributed by atoms with Crippen molar-refractivity contribution >= 4 is 31.1 Å². The van der Waals surface area contributed by atoms with E-state index in [0.29, 0.717) is 0 Å². The van der Waals surface area contributed by atoms with E-state index in [4.69, 9.17) is 6.15 Å². The summed E-state index contributed by atoms with van der Waals surface area (Å²) in [6.45, 7) is 8.55. The van der Waals surface area contributed by atoms with Gasteiger partial charge in [0, 0.05) is 0 Å². The van der Waals surface area contributed by atoms with Gasteiger partial charge in [0.05, 0.1) is 0 Å². The SMILES string of the molecule is CCCCCC=CC(=O)[O][Sn]([CH2]CCC)([CH2]CCC)[O]C(=O)C=CCCCCC. The van der Waals surface area contributed by atoms with E-state index in [2.05, 4.69) is 27.7 Å². The Labute approximate surface area is 184 Å². The van der Waals surface area contributed by atoms with Gasteiger partial charge in [-0.2, -0.15) is 0 Å². The molecule has 0 fully saturated rings. The van der Waals surface area contributed by atoms with Crippen LogP contribution in [0.2, 0.25) is 8.87 Å². The summed E-state index contributed by atoms with van der Waals surface area (Å²) in [5.74, 6) is -0.659. The second-order valence-corrected chi connectivity index (χ2v) is 17.0. The van der Waals surface area contributed by atoms with Crippen molar-refractivity contribution in [2.75, 3.05) is 0 Å². The minimum absolute atomic E-state index is 0.329. The van der Waals surface area contributed by atoms with Crippen molar-refractivity contribution < 1.29 is 15.7 Å². The Balaban J connectivity index is 5.05. The molecule has 4 nitrogen and oxygen atoms in total. The summed E-state index contributed by atoms with van der Waals surface area (Å²) in [5, 5.41) is 0. The molecule has 0 aliphatic rings. The molecule has 0 atom stereocenters. The molecule has 0 unspecified atom stereocenters. The van der Waals surface area contributed by atoms with Crippen LogP contribution in [0.1, 0.15) is 105 Å². The normalized spacial score (nSPS) is 12.0. The number of rotatable bonds is 18. The molecule has 0 rings (SSSR count). The summed E-state index contributed by atoms with van der Waals surface area (Å²) >= 11 is -3.81. The van der Waals surface area contributed by atoms with Crippen LogP contribution in [0.4, 0.5) is 0 Å². The second-order valence-electron chi connectivity index (χ2n) is 7.76. The number of carbonyl (C=O) groups excluding carboxylic acids is 2. The Hall–Kier alpha value is -0.781. The monoisotopic (exact) mass is 516 g/mol. The Morgan fingerprint density at radius 3 is 1.34 bits per heavy atom. The van der Waals surface area contributed by atoms with E-state index in [0.717, 1.165) is 85.9 Å². The summed E-state index contributed by atoms with van der Waals surface area (Å²) in [6.07, 6.45) is 19.3. The van der Waals surface area contributed by atoms with Crippen LogP contribution in [0.25, 0.3) is 0 Å². The summed E-state index contributed by atoms with van der Waals surface area (Å²) < 4.78 is 13.4. The molecule has 29 heavy (non-hydrogen) atoms. The average Bonchev–Trinajstić information content (AvgIpc) is 2.70. The predicted octanol–water partition coefficient (Wildman–Crippen LogP) is 7.39. The number of hydrogen-bond donors (Lipinski definition) is 0. The molecule has 0 spiro atoms. The molecular weight excluding hydrogens is 471 g/mol. The van der Waals surface area contributed by atoms with Gasteiger partial charge in [-0.25, -0.2) is 0 Å². The zero-order chi connectivity index (χ0) is 21.8. The Morgan fingerprint density at radius 2 is 1.00 bits per heavy atom. The molecule has 0 aromatic rings. The topological polar surface area (TPSA) is 52.6 Å². The zero-order valence-electron chi connectivity index (χ0n) is 19.3. The molecule has 0 bridgehead atoms. The van der Waals surface area contributed by atoms with Crippen molar-refractivity contribution in [3.05, 3.63) is 24.3 Å². The Kier molecular flexibility index (Phi) is 18.7. The molecule has 0 amide bonds. The van der Waals surface area contributed by atoms with Crippen LogP contribution in [0.3, 0.4) is 0 Å². The van der Waals surface area contributed by atoms with Crippen LogP contribution < -0.4 is 0 Å². The molecule has 0 aromatic heterocycles. The summed E-state index contributed by atoms with van der Waals surface area (Å²) in [4.78, 5) is 24.9. The van der Waals surface area contributed by atoms with Crippen LogP contribution >= 0.6 is 0 Å². The Bertz CT molecular complexity index is 441. The summed E-state index contributed by atoms with van der Waals surface area (Å²) in [5.41, 5.74) is 0. The van der Waals surface area contributed by atoms with Crippen molar-refractivity contribution in [2.24, 2.45) is 0 Å². The van der Waals surface area contributed by atoms with Crippen molar-refractivity contribution in [3.8, 4) is 0 Å². The van der Waals surface area contributed by atoms with Crippen molar-refractivity contribution in [3.63, 3.8) is 0 Å². The first kappa shape index (κ1) is 28.2. The summed E-state index contributed by atoms with van der Waals surface area (Å²) in [7, 11) is 0. The van der Waals surface area contributed by atoms with Gasteiger partial charge in [-0.1, -0.05) is 0 Å². The van der Waals surface area contributed by atoms with Gasteiger partial charge in [0.25, 0.3) is 0 Å². The van der Waals surface area contributed by atoms with Gasteiger partial charge in [0.15, 0.2) is 0 Å². The van der Waals surface area contributed by atoms with E-state index < -0.39 is 19.2 Å². The molecule has 0 saturated carbocycles. The quantitative estimate of drug-likeness (QED) is 0.109. The van der Waals surface area contributed by atoms with Gasteiger partial charge in [0.1, 0.15) is 0 Å². The maximum atomic E-state index is 12.5. The fourth-order valence-electron chi connectivity index (χ4n) is 3.06. The third kappa shape index (κ3) is 15.7. The second kappa shape index (κ2) is 19.2. The van der Waals surface area contributed by atoms with Gasteiger partial charge < -0.3 is 0 Å². The summed E-state index contributed by atoms with van der Waals surface area (Å²) in [6, 6.07) is 0. The molecule has 0 radical (unpaired) electrons. The molecule has 5 heteroatoms. The zero-order valence-corrected chi connectivity index (χ0v) is 22.2. The third-order valence-electron chi connectivity index (χ3n) is 4.85. The molecule has 0 aliphatic heterocycles. The minimum atomic E-state index is -3.81. The van der Waals surface area contributed by atoms with Gasteiger partial charge in [-0.3, -0.25) is 0 Å². The number of hydrogen-bond acceptors (Lipinski definition) is 4. The Morgan fingerprint density at radius 1 is 0.621 bits per heavy atom. The van der Waals surface area contributed by atoms with E-state index in [1.165, 1.54) is 12.2 Å².